The maximum atomic E-state index is 3.78. The Morgan fingerprint density at radius 2 is 1.79 bits per heavy atom. The first-order valence-electron chi connectivity index (χ1n) is 6.59. The Balaban J connectivity index is 1.64. The van der Waals surface area contributed by atoms with Crippen LogP contribution in [0.25, 0.3) is 0 Å². The molecule has 0 aliphatic heterocycles. The highest BCUT2D eigenvalue weighted by molar-refractivity contribution is 4.79. The van der Waals surface area contributed by atoms with Gasteiger partial charge >= 0.3 is 0 Å². The maximum absolute atomic E-state index is 3.78. The van der Waals surface area contributed by atoms with Gasteiger partial charge in [-0.05, 0) is 37.6 Å². The summed E-state index contributed by atoms with van der Waals surface area (Å²) in [7, 11) is 0. The Labute approximate surface area is 88.7 Å². The van der Waals surface area contributed by atoms with Crippen molar-refractivity contribution in [2.24, 2.45) is 11.8 Å². The van der Waals surface area contributed by atoms with Gasteiger partial charge in [0, 0.05) is 6.04 Å². The van der Waals surface area contributed by atoms with E-state index in [1.165, 1.54) is 57.9 Å². The minimum absolute atomic E-state index is 0.830. The summed E-state index contributed by atoms with van der Waals surface area (Å²) in [4.78, 5) is 0. The quantitative estimate of drug-likeness (QED) is 0.678. The molecule has 0 heterocycles. The lowest BCUT2D eigenvalue weighted by Crippen LogP contribution is -2.35. The maximum Gasteiger partial charge on any atom is 0.00926 e. The number of hydrogen-bond acceptors (Lipinski definition) is 1. The Morgan fingerprint density at radius 1 is 1.00 bits per heavy atom. The van der Waals surface area contributed by atoms with Gasteiger partial charge in [-0.25, -0.2) is 0 Å². The Morgan fingerprint density at radius 3 is 2.57 bits per heavy atom. The molecule has 2 saturated carbocycles. The van der Waals surface area contributed by atoms with Crippen molar-refractivity contribution in [3.8, 4) is 0 Å². The van der Waals surface area contributed by atoms with Crippen molar-refractivity contribution in [2.45, 2.75) is 64.3 Å². The molecule has 14 heavy (non-hydrogen) atoms. The van der Waals surface area contributed by atoms with Gasteiger partial charge in [-0.2, -0.15) is 0 Å². The first kappa shape index (κ1) is 10.5. The first-order chi connectivity index (χ1) is 6.86. The summed E-state index contributed by atoms with van der Waals surface area (Å²) >= 11 is 0. The van der Waals surface area contributed by atoms with E-state index in [2.05, 4.69) is 12.2 Å². The van der Waals surface area contributed by atoms with E-state index in [-0.39, 0.29) is 0 Å². The fraction of sp³-hybridized carbons (Fsp3) is 1.00. The van der Waals surface area contributed by atoms with Crippen LogP contribution in [0.1, 0.15) is 58.3 Å². The van der Waals surface area contributed by atoms with Crippen LogP contribution in [-0.2, 0) is 0 Å². The average Bonchev–Trinajstić information content (AvgIpc) is 2.97. The van der Waals surface area contributed by atoms with Crippen molar-refractivity contribution in [2.75, 3.05) is 6.54 Å². The fourth-order valence-corrected chi connectivity index (χ4v) is 2.68. The molecule has 2 aliphatic carbocycles. The first-order valence-corrected chi connectivity index (χ1v) is 6.59. The van der Waals surface area contributed by atoms with Gasteiger partial charge in [0.2, 0.25) is 0 Å². The molecule has 0 radical (unpaired) electrons. The summed E-state index contributed by atoms with van der Waals surface area (Å²) in [5.74, 6) is 2.00. The third kappa shape index (κ3) is 3.27. The summed E-state index contributed by atoms with van der Waals surface area (Å²) in [5.41, 5.74) is 0. The molecule has 0 saturated heterocycles. The minimum Gasteiger partial charge on any atom is -0.314 e. The number of nitrogens with one attached hydrogen (secondary N) is 1. The van der Waals surface area contributed by atoms with Gasteiger partial charge < -0.3 is 5.32 Å². The van der Waals surface area contributed by atoms with Gasteiger partial charge in [-0.3, -0.25) is 0 Å². The zero-order valence-corrected chi connectivity index (χ0v) is 9.60. The summed E-state index contributed by atoms with van der Waals surface area (Å²) in [6, 6.07) is 0.830. The molecular weight excluding hydrogens is 170 g/mol. The number of hydrogen-bond donors (Lipinski definition) is 1. The van der Waals surface area contributed by atoms with Crippen molar-refractivity contribution >= 4 is 0 Å². The summed E-state index contributed by atoms with van der Waals surface area (Å²) in [6.07, 6.45) is 11.7. The van der Waals surface area contributed by atoms with Crippen molar-refractivity contribution in [3.63, 3.8) is 0 Å². The van der Waals surface area contributed by atoms with Crippen LogP contribution in [0.5, 0.6) is 0 Å². The third-order valence-corrected chi connectivity index (χ3v) is 4.02. The topological polar surface area (TPSA) is 12.0 Å². The molecule has 2 atom stereocenters. The van der Waals surface area contributed by atoms with Crippen molar-refractivity contribution in [1.82, 2.24) is 5.32 Å². The Hall–Kier alpha value is -0.0400. The van der Waals surface area contributed by atoms with Gasteiger partial charge in [0.25, 0.3) is 0 Å². The SMILES string of the molecule is CC1CCCCCC1NCCC1CC1. The van der Waals surface area contributed by atoms with Gasteiger partial charge in [-0.1, -0.05) is 39.0 Å². The zero-order valence-electron chi connectivity index (χ0n) is 9.60. The standard InChI is InChI=1S/C13H25N/c1-11-5-3-2-4-6-13(11)14-10-9-12-7-8-12/h11-14H,2-10H2,1H3. The number of rotatable bonds is 4. The molecule has 1 nitrogen and oxygen atoms in total. The molecule has 0 aromatic rings. The normalized spacial score (nSPS) is 34.1. The van der Waals surface area contributed by atoms with Crippen molar-refractivity contribution in [3.05, 3.63) is 0 Å². The minimum atomic E-state index is 0.830. The Kier molecular flexibility index (Phi) is 3.86. The van der Waals surface area contributed by atoms with Crippen LogP contribution in [-0.4, -0.2) is 12.6 Å². The van der Waals surface area contributed by atoms with Crippen LogP contribution in [0, 0.1) is 11.8 Å². The van der Waals surface area contributed by atoms with Crippen molar-refractivity contribution < 1.29 is 0 Å². The van der Waals surface area contributed by atoms with Gasteiger partial charge in [-0.15, -0.1) is 0 Å². The third-order valence-electron chi connectivity index (χ3n) is 4.02. The van der Waals surface area contributed by atoms with Crippen LogP contribution in [0.15, 0.2) is 0 Å². The van der Waals surface area contributed by atoms with Gasteiger partial charge in [0.15, 0.2) is 0 Å². The second kappa shape index (κ2) is 5.16. The molecular formula is C13H25N. The van der Waals surface area contributed by atoms with Crippen LogP contribution in [0.4, 0.5) is 0 Å². The van der Waals surface area contributed by atoms with E-state index in [0.717, 1.165) is 17.9 Å². The van der Waals surface area contributed by atoms with E-state index in [1.807, 2.05) is 0 Å². The largest absolute Gasteiger partial charge is 0.314 e. The van der Waals surface area contributed by atoms with Crippen LogP contribution in [0.2, 0.25) is 0 Å². The summed E-state index contributed by atoms with van der Waals surface area (Å²) in [6.45, 7) is 3.71. The molecule has 0 bridgehead atoms. The Bertz CT molecular complexity index is 163. The van der Waals surface area contributed by atoms with Crippen LogP contribution < -0.4 is 5.32 Å². The van der Waals surface area contributed by atoms with Crippen LogP contribution in [0.3, 0.4) is 0 Å². The van der Waals surface area contributed by atoms with Crippen LogP contribution >= 0.6 is 0 Å². The molecule has 2 aliphatic rings. The molecule has 0 spiro atoms. The smallest absolute Gasteiger partial charge is 0.00926 e. The van der Waals surface area contributed by atoms with E-state index < -0.39 is 0 Å². The second-order valence-corrected chi connectivity index (χ2v) is 5.41. The highest BCUT2D eigenvalue weighted by Gasteiger charge is 2.22. The summed E-state index contributed by atoms with van der Waals surface area (Å²) in [5, 5.41) is 3.78. The second-order valence-electron chi connectivity index (χ2n) is 5.41. The summed E-state index contributed by atoms with van der Waals surface area (Å²) < 4.78 is 0. The fourth-order valence-electron chi connectivity index (χ4n) is 2.68. The molecule has 2 rings (SSSR count). The lowest BCUT2D eigenvalue weighted by molar-refractivity contribution is 0.353. The molecule has 0 aromatic heterocycles. The molecule has 1 heteroatoms. The molecule has 1 N–H and O–H groups in total. The van der Waals surface area contributed by atoms with E-state index in [9.17, 15) is 0 Å². The molecule has 0 amide bonds. The molecule has 2 fully saturated rings. The van der Waals surface area contributed by atoms with E-state index in [0.29, 0.717) is 0 Å². The predicted octanol–water partition coefficient (Wildman–Crippen LogP) is 3.34. The zero-order chi connectivity index (χ0) is 9.80. The molecule has 82 valence electrons. The predicted molar refractivity (Wildman–Crippen MR) is 61.4 cm³/mol. The molecule has 0 aromatic carbocycles. The van der Waals surface area contributed by atoms with Gasteiger partial charge in [0.1, 0.15) is 0 Å². The highest BCUT2D eigenvalue weighted by Crippen LogP contribution is 2.32. The lowest BCUT2D eigenvalue weighted by atomic mass is 9.97. The lowest BCUT2D eigenvalue weighted by Gasteiger charge is -2.22. The van der Waals surface area contributed by atoms with Gasteiger partial charge in [0.05, 0.1) is 0 Å². The highest BCUT2D eigenvalue weighted by atomic mass is 14.9. The van der Waals surface area contributed by atoms with E-state index in [1.54, 1.807) is 0 Å². The van der Waals surface area contributed by atoms with E-state index in [4.69, 9.17) is 0 Å². The average molecular weight is 195 g/mol. The van der Waals surface area contributed by atoms with Crippen molar-refractivity contribution in [1.29, 1.82) is 0 Å². The molecule has 2 unspecified atom stereocenters. The monoisotopic (exact) mass is 195 g/mol. The van der Waals surface area contributed by atoms with E-state index >= 15 is 0 Å².